The maximum Gasteiger partial charge on any atom is 0.141 e. The fourth-order valence-corrected chi connectivity index (χ4v) is 3.31. The number of hydrogen-bond acceptors (Lipinski definition) is 2. The van der Waals surface area contributed by atoms with Crippen molar-refractivity contribution in [1.82, 2.24) is 0 Å². The first-order valence-corrected chi connectivity index (χ1v) is 6.97. The third kappa shape index (κ3) is 1.67. The van der Waals surface area contributed by atoms with Crippen LogP contribution < -0.4 is 0 Å². The van der Waals surface area contributed by atoms with Gasteiger partial charge < -0.3 is 10.2 Å². The van der Waals surface area contributed by atoms with E-state index < -0.39 is 11.2 Å². The van der Waals surface area contributed by atoms with Crippen LogP contribution in [0.2, 0.25) is 0 Å². The molecule has 2 N–H and O–H groups in total. The second kappa shape index (κ2) is 4.69. The van der Waals surface area contributed by atoms with Crippen molar-refractivity contribution in [3.8, 4) is 11.1 Å². The predicted molar refractivity (Wildman–Crippen MR) is 84.7 cm³/mol. The maximum absolute atomic E-state index is 11.3. The van der Waals surface area contributed by atoms with Crippen molar-refractivity contribution in [3.05, 3.63) is 85.0 Å². The van der Waals surface area contributed by atoms with E-state index >= 15 is 0 Å². The van der Waals surface area contributed by atoms with Crippen LogP contribution >= 0.6 is 0 Å². The van der Waals surface area contributed by atoms with E-state index in [-0.39, 0.29) is 6.42 Å². The second-order valence-electron chi connectivity index (χ2n) is 5.41. The van der Waals surface area contributed by atoms with Crippen LogP contribution in [0.25, 0.3) is 11.1 Å². The summed E-state index contributed by atoms with van der Waals surface area (Å²) in [6.45, 7) is 7.48. The topological polar surface area (TPSA) is 40.5 Å². The van der Waals surface area contributed by atoms with E-state index in [1.165, 1.54) is 6.08 Å². The largest absolute Gasteiger partial charge is 0.381 e. The van der Waals surface area contributed by atoms with Gasteiger partial charge in [0, 0.05) is 6.42 Å². The van der Waals surface area contributed by atoms with Gasteiger partial charge in [-0.05, 0) is 22.3 Å². The summed E-state index contributed by atoms with van der Waals surface area (Å²) in [4.78, 5) is 0. The third-order valence-corrected chi connectivity index (χ3v) is 4.37. The Kier molecular flexibility index (Phi) is 3.08. The Morgan fingerprint density at radius 3 is 1.95 bits per heavy atom. The molecule has 0 amide bonds. The Hall–Kier alpha value is -2.16. The van der Waals surface area contributed by atoms with Gasteiger partial charge in [0.2, 0.25) is 0 Å². The van der Waals surface area contributed by atoms with Crippen molar-refractivity contribution in [2.75, 3.05) is 0 Å². The highest BCUT2D eigenvalue weighted by atomic mass is 16.4. The highest BCUT2D eigenvalue weighted by Gasteiger charge is 2.53. The Bertz CT molecular complexity index is 719. The quantitative estimate of drug-likeness (QED) is 0.844. The molecule has 0 heterocycles. The maximum atomic E-state index is 11.3. The number of fused-ring (bicyclic) bond motifs is 3. The van der Waals surface area contributed by atoms with Crippen LogP contribution in [-0.2, 0) is 11.2 Å². The summed E-state index contributed by atoms with van der Waals surface area (Å²) >= 11 is 0. The van der Waals surface area contributed by atoms with Gasteiger partial charge in [0.1, 0.15) is 11.2 Å². The molecule has 2 atom stereocenters. The molecular weight excluding hydrogens is 260 g/mol. The molecule has 2 aromatic rings. The average molecular weight is 278 g/mol. The molecule has 2 heteroatoms. The van der Waals surface area contributed by atoms with Crippen molar-refractivity contribution in [1.29, 1.82) is 0 Å². The second-order valence-corrected chi connectivity index (χ2v) is 5.41. The molecule has 0 fully saturated rings. The van der Waals surface area contributed by atoms with Gasteiger partial charge in [-0.25, -0.2) is 0 Å². The third-order valence-electron chi connectivity index (χ3n) is 4.37. The van der Waals surface area contributed by atoms with Gasteiger partial charge in [0.25, 0.3) is 0 Å². The van der Waals surface area contributed by atoms with Crippen LogP contribution in [0.1, 0.15) is 17.5 Å². The highest BCUT2D eigenvalue weighted by Crippen LogP contribution is 2.53. The summed E-state index contributed by atoms with van der Waals surface area (Å²) < 4.78 is 0. The summed E-state index contributed by atoms with van der Waals surface area (Å²) in [5.41, 5.74) is 0.204. The van der Waals surface area contributed by atoms with E-state index in [1.807, 2.05) is 48.5 Å². The Morgan fingerprint density at radius 2 is 1.38 bits per heavy atom. The molecule has 0 aliphatic heterocycles. The summed E-state index contributed by atoms with van der Waals surface area (Å²) in [5.74, 6) is 0. The molecule has 106 valence electrons. The van der Waals surface area contributed by atoms with Gasteiger partial charge in [0.15, 0.2) is 0 Å². The lowest BCUT2D eigenvalue weighted by Gasteiger charge is -2.47. The van der Waals surface area contributed by atoms with Gasteiger partial charge in [0.05, 0.1) is 0 Å². The summed E-state index contributed by atoms with van der Waals surface area (Å²) in [7, 11) is 0. The fraction of sp³-hybridized carbons (Fsp3) is 0.158. The molecule has 0 spiro atoms. The van der Waals surface area contributed by atoms with Crippen molar-refractivity contribution >= 4 is 0 Å². The van der Waals surface area contributed by atoms with E-state index in [4.69, 9.17) is 0 Å². The molecule has 0 bridgehead atoms. The fourth-order valence-electron chi connectivity index (χ4n) is 3.31. The minimum Gasteiger partial charge on any atom is -0.381 e. The number of benzene rings is 2. The zero-order valence-electron chi connectivity index (χ0n) is 11.8. The summed E-state index contributed by atoms with van der Waals surface area (Å²) in [5, 5.41) is 22.5. The van der Waals surface area contributed by atoms with Crippen molar-refractivity contribution < 1.29 is 10.2 Å². The minimum absolute atomic E-state index is 0.237. The molecule has 2 aromatic carbocycles. The van der Waals surface area contributed by atoms with Crippen LogP contribution in [0.5, 0.6) is 0 Å². The molecule has 2 unspecified atom stereocenters. The van der Waals surface area contributed by atoms with E-state index in [0.717, 1.165) is 11.1 Å². The highest BCUT2D eigenvalue weighted by molar-refractivity contribution is 5.77. The molecular formula is C19H18O2. The molecule has 1 aliphatic rings. The van der Waals surface area contributed by atoms with Gasteiger partial charge in [-0.15, -0.1) is 6.58 Å². The number of rotatable bonds is 3. The van der Waals surface area contributed by atoms with Crippen molar-refractivity contribution in [3.63, 3.8) is 0 Å². The van der Waals surface area contributed by atoms with E-state index in [9.17, 15) is 10.2 Å². The normalized spacial score (nSPS) is 26.6. The molecule has 0 saturated heterocycles. The molecule has 0 saturated carbocycles. The first-order valence-electron chi connectivity index (χ1n) is 6.97. The van der Waals surface area contributed by atoms with Crippen LogP contribution in [0, 0.1) is 0 Å². The predicted octanol–water partition coefficient (Wildman–Crippen LogP) is 3.50. The lowest BCUT2D eigenvalue weighted by atomic mass is 9.64. The van der Waals surface area contributed by atoms with Crippen LogP contribution in [-0.4, -0.2) is 10.2 Å². The zero-order valence-corrected chi connectivity index (χ0v) is 11.8. The van der Waals surface area contributed by atoms with Crippen molar-refractivity contribution in [2.24, 2.45) is 0 Å². The Morgan fingerprint density at radius 1 is 0.857 bits per heavy atom. The smallest absolute Gasteiger partial charge is 0.141 e. The first-order chi connectivity index (χ1) is 10.1. The minimum atomic E-state index is -1.55. The van der Waals surface area contributed by atoms with Crippen molar-refractivity contribution in [2.45, 2.75) is 17.6 Å². The molecule has 0 radical (unpaired) electrons. The standard InChI is InChI=1S/C19H18O2/c1-3-13-19(21)17-12-8-6-10-15(17)14-9-5-7-11-16(14)18(19,20)4-2/h3-12,20-21H,1-2,13H2. The molecule has 3 rings (SSSR count). The van der Waals surface area contributed by atoms with E-state index in [0.29, 0.717) is 11.1 Å². The lowest BCUT2D eigenvalue weighted by molar-refractivity contribution is -0.135. The number of hydrogen-bond donors (Lipinski definition) is 2. The first kappa shape index (κ1) is 13.8. The van der Waals surface area contributed by atoms with Crippen LogP contribution in [0.3, 0.4) is 0 Å². The van der Waals surface area contributed by atoms with Gasteiger partial charge in [-0.2, -0.15) is 0 Å². The lowest BCUT2D eigenvalue weighted by Crippen LogP contribution is -2.50. The van der Waals surface area contributed by atoms with Crippen LogP contribution in [0.4, 0.5) is 0 Å². The molecule has 1 aliphatic carbocycles. The van der Waals surface area contributed by atoms with E-state index in [2.05, 4.69) is 13.2 Å². The molecule has 2 nitrogen and oxygen atoms in total. The Balaban J connectivity index is 2.43. The summed E-state index contributed by atoms with van der Waals surface area (Å²) in [6.07, 6.45) is 3.28. The molecule has 0 aromatic heterocycles. The molecule has 21 heavy (non-hydrogen) atoms. The van der Waals surface area contributed by atoms with Gasteiger partial charge in [-0.3, -0.25) is 0 Å². The SMILES string of the molecule is C=CCC1(O)c2ccccc2-c2ccccc2C1(O)C=C. The monoisotopic (exact) mass is 278 g/mol. The van der Waals surface area contributed by atoms with Gasteiger partial charge in [-0.1, -0.05) is 67.3 Å². The Labute approximate surface area is 124 Å². The zero-order chi connectivity index (χ0) is 15.1. The summed E-state index contributed by atoms with van der Waals surface area (Å²) in [6, 6.07) is 15.2. The number of aliphatic hydroxyl groups is 2. The average Bonchev–Trinajstić information content (AvgIpc) is 2.53. The van der Waals surface area contributed by atoms with Crippen LogP contribution in [0.15, 0.2) is 73.8 Å². The van der Waals surface area contributed by atoms with E-state index in [1.54, 1.807) is 6.08 Å². The van der Waals surface area contributed by atoms with Gasteiger partial charge >= 0.3 is 0 Å².